The van der Waals surface area contributed by atoms with E-state index in [2.05, 4.69) is 9.97 Å². The molecular formula is C9H7ClN2O2. The third-order valence-electron chi connectivity index (χ3n) is 2.01. The average molecular weight is 211 g/mol. The molecule has 0 aliphatic rings. The van der Waals surface area contributed by atoms with Crippen LogP contribution in [0.5, 0.6) is 5.75 Å². The molecule has 0 aromatic carbocycles. The highest BCUT2D eigenvalue weighted by Gasteiger charge is 2.12. The lowest BCUT2D eigenvalue weighted by Crippen LogP contribution is -1.88. The van der Waals surface area contributed by atoms with E-state index in [9.17, 15) is 4.79 Å². The number of hydrogen-bond acceptors (Lipinski definition) is 3. The number of H-pyrrole nitrogens is 1. The zero-order valence-electron chi connectivity index (χ0n) is 7.37. The van der Waals surface area contributed by atoms with Crippen LogP contribution in [0, 0.1) is 0 Å². The number of pyridine rings is 1. The normalized spacial score (nSPS) is 10.4. The standard InChI is InChI=1S/C9H7ClN2O2/c1-14-6-3-12-9(10)8-7(6)5(4-13)2-11-8/h2-4,11H,1H3. The number of aromatic amines is 1. The minimum Gasteiger partial charge on any atom is -0.494 e. The number of nitrogens with zero attached hydrogens (tertiary/aromatic N) is 1. The van der Waals surface area contributed by atoms with Crippen molar-refractivity contribution in [2.24, 2.45) is 0 Å². The summed E-state index contributed by atoms with van der Waals surface area (Å²) in [6.45, 7) is 0. The summed E-state index contributed by atoms with van der Waals surface area (Å²) in [7, 11) is 1.52. The molecule has 5 heteroatoms. The molecule has 0 amide bonds. The molecule has 0 spiro atoms. The molecule has 72 valence electrons. The van der Waals surface area contributed by atoms with Gasteiger partial charge in [0.2, 0.25) is 0 Å². The van der Waals surface area contributed by atoms with Crippen molar-refractivity contribution in [2.75, 3.05) is 7.11 Å². The topological polar surface area (TPSA) is 55.0 Å². The second-order valence-electron chi connectivity index (χ2n) is 2.73. The van der Waals surface area contributed by atoms with Crippen LogP contribution < -0.4 is 4.74 Å². The van der Waals surface area contributed by atoms with E-state index in [1.54, 1.807) is 6.20 Å². The summed E-state index contributed by atoms with van der Waals surface area (Å²) >= 11 is 5.84. The van der Waals surface area contributed by atoms with Gasteiger partial charge in [-0.3, -0.25) is 4.79 Å². The van der Waals surface area contributed by atoms with Gasteiger partial charge < -0.3 is 9.72 Å². The maximum atomic E-state index is 10.7. The van der Waals surface area contributed by atoms with Gasteiger partial charge in [-0.2, -0.15) is 0 Å². The molecule has 0 atom stereocenters. The summed E-state index contributed by atoms with van der Waals surface area (Å²) in [6, 6.07) is 0. The first-order valence-corrected chi connectivity index (χ1v) is 4.30. The van der Waals surface area contributed by atoms with E-state index in [4.69, 9.17) is 16.3 Å². The Morgan fingerprint density at radius 2 is 2.43 bits per heavy atom. The zero-order chi connectivity index (χ0) is 10.1. The highest BCUT2D eigenvalue weighted by atomic mass is 35.5. The van der Waals surface area contributed by atoms with E-state index in [1.807, 2.05) is 0 Å². The number of carbonyl (C=O) groups excluding carboxylic acids is 1. The molecule has 0 aliphatic heterocycles. The van der Waals surface area contributed by atoms with Gasteiger partial charge in [0.1, 0.15) is 5.75 Å². The Kier molecular flexibility index (Phi) is 2.13. The number of aromatic nitrogens is 2. The van der Waals surface area contributed by atoms with Gasteiger partial charge in [0.05, 0.1) is 24.2 Å². The SMILES string of the molecule is COc1cnc(Cl)c2[nH]cc(C=O)c12. The van der Waals surface area contributed by atoms with Crippen molar-refractivity contribution in [1.82, 2.24) is 9.97 Å². The highest BCUT2D eigenvalue weighted by molar-refractivity contribution is 6.34. The van der Waals surface area contributed by atoms with Gasteiger partial charge in [0.15, 0.2) is 11.4 Å². The van der Waals surface area contributed by atoms with E-state index >= 15 is 0 Å². The van der Waals surface area contributed by atoms with E-state index in [0.717, 1.165) is 6.29 Å². The van der Waals surface area contributed by atoms with Gasteiger partial charge >= 0.3 is 0 Å². The first-order chi connectivity index (χ1) is 6.77. The Labute approximate surface area is 84.9 Å². The van der Waals surface area contributed by atoms with Crippen LogP contribution in [0.2, 0.25) is 5.15 Å². The van der Waals surface area contributed by atoms with E-state index in [-0.39, 0.29) is 0 Å². The molecule has 0 saturated heterocycles. The van der Waals surface area contributed by atoms with Crippen molar-refractivity contribution < 1.29 is 9.53 Å². The number of fused-ring (bicyclic) bond motifs is 1. The Hall–Kier alpha value is -1.55. The van der Waals surface area contributed by atoms with Gasteiger partial charge in [-0.15, -0.1) is 0 Å². The Morgan fingerprint density at radius 1 is 1.64 bits per heavy atom. The molecule has 0 fully saturated rings. The van der Waals surface area contributed by atoms with Crippen molar-refractivity contribution in [3.63, 3.8) is 0 Å². The molecule has 0 bridgehead atoms. The molecule has 0 saturated carbocycles. The molecule has 0 aliphatic carbocycles. The number of halogens is 1. The summed E-state index contributed by atoms with van der Waals surface area (Å²) in [4.78, 5) is 17.5. The Morgan fingerprint density at radius 3 is 3.07 bits per heavy atom. The monoisotopic (exact) mass is 210 g/mol. The van der Waals surface area contributed by atoms with Gasteiger partial charge in [-0.25, -0.2) is 4.98 Å². The number of carbonyl (C=O) groups is 1. The van der Waals surface area contributed by atoms with Crippen LogP contribution in [0.25, 0.3) is 10.9 Å². The quantitative estimate of drug-likeness (QED) is 0.610. The van der Waals surface area contributed by atoms with E-state index in [1.165, 1.54) is 13.3 Å². The smallest absolute Gasteiger partial charge is 0.153 e. The first kappa shape index (κ1) is 9.02. The number of nitrogens with one attached hydrogen (secondary N) is 1. The molecule has 0 unspecified atom stereocenters. The lowest BCUT2D eigenvalue weighted by molar-refractivity contribution is 0.112. The second kappa shape index (κ2) is 3.31. The van der Waals surface area contributed by atoms with Crippen molar-refractivity contribution in [2.45, 2.75) is 0 Å². The van der Waals surface area contributed by atoms with Crippen molar-refractivity contribution in [3.8, 4) is 5.75 Å². The molecule has 14 heavy (non-hydrogen) atoms. The summed E-state index contributed by atoms with van der Waals surface area (Å²) < 4.78 is 5.08. The summed E-state index contributed by atoms with van der Waals surface area (Å²) in [6.07, 6.45) is 3.82. The molecule has 2 rings (SSSR count). The fourth-order valence-electron chi connectivity index (χ4n) is 1.36. The summed E-state index contributed by atoms with van der Waals surface area (Å²) in [5, 5.41) is 0.997. The molecule has 4 nitrogen and oxygen atoms in total. The van der Waals surface area contributed by atoms with Gasteiger partial charge in [-0.1, -0.05) is 11.6 Å². The third kappa shape index (κ3) is 1.15. The Bertz CT molecular complexity index is 493. The lowest BCUT2D eigenvalue weighted by atomic mass is 10.2. The van der Waals surface area contributed by atoms with Crippen LogP contribution in [0.15, 0.2) is 12.4 Å². The average Bonchev–Trinajstić information content (AvgIpc) is 2.63. The fourth-order valence-corrected chi connectivity index (χ4v) is 1.56. The van der Waals surface area contributed by atoms with Crippen LogP contribution in [0.3, 0.4) is 0 Å². The predicted molar refractivity (Wildman–Crippen MR) is 53.0 cm³/mol. The molecule has 2 aromatic rings. The maximum Gasteiger partial charge on any atom is 0.153 e. The van der Waals surface area contributed by atoms with Crippen LogP contribution in [0.1, 0.15) is 10.4 Å². The number of methoxy groups -OCH3 is 1. The fraction of sp³-hybridized carbons (Fsp3) is 0.111. The van der Waals surface area contributed by atoms with Crippen molar-refractivity contribution in [3.05, 3.63) is 23.1 Å². The Balaban J connectivity index is 2.88. The molecule has 2 aromatic heterocycles. The van der Waals surface area contributed by atoms with Gasteiger partial charge in [0.25, 0.3) is 0 Å². The molecule has 0 radical (unpaired) electrons. The van der Waals surface area contributed by atoms with E-state index < -0.39 is 0 Å². The van der Waals surface area contributed by atoms with Crippen molar-refractivity contribution >= 4 is 28.8 Å². The van der Waals surface area contributed by atoms with E-state index in [0.29, 0.717) is 27.4 Å². The predicted octanol–water partition coefficient (Wildman–Crippen LogP) is 2.04. The highest BCUT2D eigenvalue weighted by Crippen LogP contribution is 2.30. The number of ether oxygens (including phenoxy) is 1. The zero-order valence-corrected chi connectivity index (χ0v) is 8.13. The minimum atomic E-state index is 0.328. The largest absolute Gasteiger partial charge is 0.494 e. The molecule has 1 N–H and O–H groups in total. The molecular weight excluding hydrogens is 204 g/mol. The number of aldehydes is 1. The number of rotatable bonds is 2. The van der Waals surface area contributed by atoms with Crippen molar-refractivity contribution in [1.29, 1.82) is 0 Å². The summed E-state index contributed by atoms with van der Waals surface area (Å²) in [5.41, 5.74) is 1.13. The first-order valence-electron chi connectivity index (χ1n) is 3.92. The maximum absolute atomic E-state index is 10.7. The minimum absolute atomic E-state index is 0.328. The number of hydrogen-bond donors (Lipinski definition) is 1. The molecule has 2 heterocycles. The van der Waals surface area contributed by atoms with Crippen LogP contribution in [-0.2, 0) is 0 Å². The van der Waals surface area contributed by atoms with Crippen LogP contribution in [0.4, 0.5) is 0 Å². The van der Waals surface area contributed by atoms with Crippen LogP contribution >= 0.6 is 11.6 Å². The van der Waals surface area contributed by atoms with Crippen LogP contribution in [-0.4, -0.2) is 23.4 Å². The lowest BCUT2D eigenvalue weighted by Gasteiger charge is -2.02. The summed E-state index contributed by atoms with van der Waals surface area (Å²) in [5.74, 6) is 0.535. The van der Waals surface area contributed by atoms with Gasteiger partial charge in [-0.05, 0) is 0 Å². The van der Waals surface area contributed by atoms with Gasteiger partial charge in [0, 0.05) is 11.8 Å². The third-order valence-corrected chi connectivity index (χ3v) is 2.29. The second-order valence-corrected chi connectivity index (χ2v) is 3.09.